The molecule has 15 heavy (non-hydrogen) atoms. The van der Waals surface area contributed by atoms with E-state index in [1.54, 1.807) is 25.1 Å². The van der Waals surface area contributed by atoms with Crippen LogP contribution in [0.15, 0.2) is 24.3 Å². The molecule has 2 nitrogen and oxygen atoms in total. The molecule has 1 amide bonds. The van der Waals surface area contributed by atoms with Crippen LogP contribution in [0.2, 0.25) is 0 Å². The summed E-state index contributed by atoms with van der Waals surface area (Å²) in [5, 5.41) is 2.62. The molecule has 0 aliphatic heterocycles. The highest BCUT2D eigenvalue weighted by molar-refractivity contribution is 5.73. The van der Waals surface area contributed by atoms with Gasteiger partial charge in [0.05, 0.1) is 0 Å². The SMILES string of the molecule is CC(=O)NCC=Cc1ccc(C)c(F)c1. The Morgan fingerprint density at radius 3 is 2.87 bits per heavy atom. The molecule has 1 N–H and O–H groups in total. The van der Waals surface area contributed by atoms with Crippen LogP contribution < -0.4 is 5.32 Å². The summed E-state index contributed by atoms with van der Waals surface area (Å²) < 4.78 is 13.1. The van der Waals surface area contributed by atoms with E-state index in [1.165, 1.54) is 13.0 Å². The first-order valence-corrected chi connectivity index (χ1v) is 4.76. The lowest BCUT2D eigenvalue weighted by Crippen LogP contribution is -2.19. The summed E-state index contributed by atoms with van der Waals surface area (Å²) in [5.41, 5.74) is 1.43. The lowest BCUT2D eigenvalue weighted by Gasteiger charge is -1.98. The van der Waals surface area contributed by atoms with Crippen LogP contribution in [0.4, 0.5) is 4.39 Å². The third kappa shape index (κ3) is 3.94. The maximum absolute atomic E-state index is 13.1. The van der Waals surface area contributed by atoms with Crippen molar-refractivity contribution >= 4 is 12.0 Å². The van der Waals surface area contributed by atoms with E-state index in [1.807, 2.05) is 6.07 Å². The summed E-state index contributed by atoms with van der Waals surface area (Å²) in [4.78, 5) is 10.5. The van der Waals surface area contributed by atoms with Crippen molar-refractivity contribution in [1.29, 1.82) is 0 Å². The summed E-state index contributed by atoms with van der Waals surface area (Å²) in [7, 11) is 0. The van der Waals surface area contributed by atoms with Crippen LogP contribution in [0.1, 0.15) is 18.1 Å². The molecule has 1 aromatic carbocycles. The van der Waals surface area contributed by atoms with Crippen LogP contribution in [0, 0.1) is 12.7 Å². The van der Waals surface area contributed by atoms with Gasteiger partial charge >= 0.3 is 0 Å². The molecule has 0 aliphatic rings. The highest BCUT2D eigenvalue weighted by atomic mass is 19.1. The van der Waals surface area contributed by atoms with Gasteiger partial charge in [-0.1, -0.05) is 24.3 Å². The Bertz CT molecular complexity index is 385. The van der Waals surface area contributed by atoms with E-state index >= 15 is 0 Å². The second-order valence-corrected chi connectivity index (χ2v) is 3.35. The number of carbonyl (C=O) groups excluding carboxylic acids is 1. The minimum Gasteiger partial charge on any atom is -0.353 e. The van der Waals surface area contributed by atoms with Crippen LogP contribution in [0.25, 0.3) is 6.08 Å². The molecule has 0 unspecified atom stereocenters. The van der Waals surface area contributed by atoms with Crippen molar-refractivity contribution < 1.29 is 9.18 Å². The van der Waals surface area contributed by atoms with Crippen LogP contribution in [-0.4, -0.2) is 12.5 Å². The number of carbonyl (C=O) groups is 1. The Morgan fingerprint density at radius 2 is 2.27 bits per heavy atom. The zero-order valence-corrected chi connectivity index (χ0v) is 8.88. The van der Waals surface area contributed by atoms with E-state index in [0.717, 1.165) is 5.56 Å². The predicted octanol–water partition coefficient (Wildman–Crippen LogP) is 2.28. The smallest absolute Gasteiger partial charge is 0.217 e. The second kappa shape index (κ2) is 5.29. The molecule has 3 heteroatoms. The largest absolute Gasteiger partial charge is 0.353 e. The molecule has 0 aromatic heterocycles. The average molecular weight is 207 g/mol. The molecule has 0 aliphatic carbocycles. The summed E-state index contributed by atoms with van der Waals surface area (Å²) in [6, 6.07) is 5.04. The third-order valence-electron chi connectivity index (χ3n) is 1.98. The number of aryl methyl sites for hydroxylation is 1. The predicted molar refractivity (Wildman–Crippen MR) is 58.9 cm³/mol. The van der Waals surface area contributed by atoms with Crippen molar-refractivity contribution in [2.75, 3.05) is 6.54 Å². The molecule has 0 spiro atoms. The average Bonchev–Trinajstić information content (AvgIpc) is 2.18. The molecular weight excluding hydrogens is 193 g/mol. The van der Waals surface area contributed by atoms with Gasteiger partial charge in [-0.25, -0.2) is 4.39 Å². The lowest BCUT2D eigenvalue weighted by molar-refractivity contribution is -0.118. The van der Waals surface area contributed by atoms with E-state index in [4.69, 9.17) is 0 Å². The molecule has 0 saturated carbocycles. The number of benzene rings is 1. The Hall–Kier alpha value is -1.64. The fraction of sp³-hybridized carbons (Fsp3) is 0.250. The molecule has 0 bridgehead atoms. The van der Waals surface area contributed by atoms with Gasteiger partial charge in [0.15, 0.2) is 0 Å². The van der Waals surface area contributed by atoms with E-state index < -0.39 is 0 Å². The number of rotatable bonds is 3. The molecule has 0 heterocycles. The third-order valence-corrected chi connectivity index (χ3v) is 1.98. The van der Waals surface area contributed by atoms with Crippen molar-refractivity contribution in [2.24, 2.45) is 0 Å². The van der Waals surface area contributed by atoms with E-state index in [9.17, 15) is 9.18 Å². The van der Waals surface area contributed by atoms with Gasteiger partial charge in [-0.15, -0.1) is 0 Å². The summed E-state index contributed by atoms with van der Waals surface area (Å²) >= 11 is 0. The number of hydrogen-bond acceptors (Lipinski definition) is 1. The maximum atomic E-state index is 13.1. The van der Waals surface area contributed by atoms with Gasteiger partial charge in [0.25, 0.3) is 0 Å². The Kier molecular flexibility index (Phi) is 4.03. The number of halogens is 1. The molecular formula is C12H14FNO. The van der Waals surface area contributed by atoms with Crippen LogP contribution >= 0.6 is 0 Å². The quantitative estimate of drug-likeness (QED) is 0.809. The van der Waals surface area contributed by atoms with Gasteiger partial charge in [0.2, 0.25) is 5.91 Å². The first-order valence-electron chi connectivity index (χ1n) is 4.76. The summed E-state index contributed by atoms with van der Waals surface area (Å²) in [5.74, 6) is -0.286. The van der Waals surface area contributed by atoms with Crippen molar-refractivity contribution in [3.63, 3.8) is 0 Å². The first kappa shape index (κ1) is 11.4. The van der Waals surface area contributed by atoms with Crippen LogP contribution in [0.3, 0.4) is 0 Å². The van der Waals surface area contributed by atoms with E-state index in [2.05, 4.69) is 5.32 Å². The van der Waals surface area contributed by atoms with Crippen molar-refractivity contribution in [1.82, 2.24) is 5.32 Å². The van der Waals surface area contributed by atoms with Crippen molar-refractivity contribution in [2.45, 2.75) is 13.8 Å². The lowest BCUT2D eigenvalue weighted by atomic mass is 10.1. The van der Waals surface area contributed by atoms with Gasteiger partial charge in [0, 0.05) is 13.5 Å². The Labute approximate surface area is 88.8 Å². The monoisotopic (exact) mass is 207 g/mol. The van der Waals surface area contributed by atoms with Gasteiger partial charge in [-0.2, -0.15) is 0 Å². The molecule has 1 aromatic rings. The topological polar surface area (TPSA) is 29.1 Å². The van der Waals surface area contributed by atoms with Crippen molar-refractivity contribution in [3.05, 3.63) is 41.2 Å². The van der Waals surface area contributed by atoms with Gasteiger partial charge < -0.3 is 5.32 Å². The molecule has 0 radical (unpaired) electrons. The summed E-state index contributed by atoms with van der Waals surface area (Å²) in [6.45, 7) is 3.64. The Balaban J connectivity index is 2.57. The molecule has 0 fully saturated rings. The van der Waals surface area contributed by atoms with Crippen LogP contribution in [-0.2, 0) is 4.79 Å². The zero-order chi connectivity index (χ0) is 11.3. The van der Waals surface area contributed by atoms with E-state index in [-0.39, 0.29) is 11.7 Å². The molecule has 0 saturated heterocycles. The first-order chi connectivity index (χ1) is 7.09. The molecule has 0 atom stereocenters. The van der Waals surface area contributed by atoms with Gasteiger partial charge in [-0.05, 0) is 24.1 Å². The number of amides is 1. The standard InChI is InChI=1S/C12H14FNO/c1-9-5-6-11(8-12(9)13)4-3-7-14-10(2)15/h3-6,8H,7H2,1-2H3,(H,14,15). The minimum atomic E-state index is -0.211. The normalized spacial score (nSPS) is 10.6. The van der Waals surface area contributed by atoms with E-state index in [0.29, 0.717) is 12.1 Å². The number of nitrogens with one attached hydrogen (secondary N) is 1. The second-order valence-electron chi connectivity index (χ2n) is 3.35. The molecule has 80 valence electrons. The van der Waals surface area contributed by atoms with Crippen molar-refractivity contribution in [3.8, 4) is 0 Å². The van der Waals surface area contributed by atoms with Gasteiger partial charge in [-0.3, -0.25) is 4.79 Å². The fourth-order valence-corrected chi connectivity index (χ4v) is 1.11. The fourth-order valence-electron chi connectivity index (χ4n) is 1.11. The maximum Gasteiger partial charge on any atom is 0.217 e. The highest BCUT2D eigenvalue weighted by Gasteiger charge is 1.95. The van der Waals surface area contributed by atoms with Gasteiger partial charge in [0.1, 0.15) is 5.82 Å². The number of hydrogen-bond donors (Lipinski definition) is 1. The Morgan fingerprint density at radius 1 is 1.53 bits per heavy atom. The molecule has 1 rings (SSSR count). The highest BCUT2D eigenvalue weighted by Crippen LogP contribution is 2.10. The zero-order valence-electron chi connectivity index (χ0n) is 8.88. The minimum absolute atomic E-state index is 0.0743. The summed E-state index contributed by atoms with van der Waals surface area (Å²) in [6.07, 6.45) is 3.56. The van der Waals surface area contributed by atoms with Crippen LogP contribution in [0.5, 0.6) is 0 Å².